The Balaban J connectivity index is 1.78. The standard InChI is InChI=1S/C22H34O6/c1-2-3-4-5-6-7-8-9-12-26-21-16-28-20-11-10-18(13-19(20)22(21)25)27-15-17(24)14-23/h10-11,13,17,23-25H,2-9,12,14-16H2,1H3. The van der Waals surface area contributed by atoms with Gasteiger partial charge >= 0.3 is 0 Å². The first-order chi connectivity index (χ1) is 13.7. The molecule has 0 bridgehead atoms. The Kier molecular flexibility index (Phi) is 10.0. The highest BCUT2D eigenvalue weighted by Gasteiger charge is 2.22. The monoisotopic (exact) mass is 394 g/mol. The maximum Gasteiger partial charge on any atom is 0.176 e. The number of aliphatic hydroxyl groups excluding tert-OH is 3. The van der Waals surface area contributed by atoms with Gasteiger partial charge in [0.15, 0.2) is 11.5 Å². The Hall–Kier alpha value is -1.92. The third kappa shape index (κ3) is 7.24. The van der Waals surface area contributed by atoms with Crippen molar-refractivity contribution in [3.63, 3.8) is 0 Å². The molecule has 2 rings (SSSR count). The van der Waals surface area contributed by atoms with Crippen molar-refractivity contribution in [3.05, 3.63) is 29.5 Å². The maximum absolute atomic E-state index is 10.5. The highest BCUT2D eigenvalue weighted by molar-refractivity contribution is 5.69. The molecule has 0 spiro atoms. The molecule has 158 valence electrons. The first-order valence-corrected chi connectivity index (χ1v) is 10.4. The fourth-order valence-corrected chi connectivity index (χ4v) is 3.06. The van der Waals surface area contributed by atoms with Gasteiger partial charge in [0.2, 0.25) is 0 Å². The average molecular weight is 395 g/mol. The van der Waals surface area contributed by atoms with Gasteiger partial charge in [-0.2, -0.15) is 0 Å². The van der Waals surface area contributed by atoms with Crippen molar-refractivity contribution in [2.24, 2.45) is 0 Å². The molecule has 1 heterocycles. The van der Waals surface area contributed by atoms with E-state index in [0.29, 0.717) is 29.4 Å². The van der Waals surface area contributed by atoms with E-state index in [4.69, 9.17) is 19.3 Å². The summed E-state index contributed by atoms with van der Waals surface area (Å²) in [5.41, 5.74) is 0.508. The summed E-state index contributed by atoms with van der Waals surface area (Å²) in [5, 5.41) is 28.8. The van der Waals surface area contributed by atoms with Crippen LogP contribution in [0.15, 0.2) is 24.0 Å². The molecule has 0 aromatic heterocycles. The minimum absolute atomic E-state index is 0.0254. The second kappa shape index (κ2) is 12.5. The number of fused-ring (bicyclic) bond motifs is 1. The van der Waals surface area contributed by atoms with Crippen LogP contribution in [-0.2, 0) is 4.74 Å². The van der Waals surface area contributed by atoms with Crippen LogP contribution >= 0.6 is 0 Å². The molecule has 3 N–H and O–H groups in total. The lowest BCUT2D eigenvalue weighted by Gasteiger charge is -2.22. The van der Waals surface area contributed by atoms with Gasteiger partial charge in [-0.25, -0.2) is 0 Å². The van der Waals surface area contributed by atoms with E-state index in [2.05, 4.69) is 6.92 Å². The summed E-state index contributed by atoms with van der Waals surface area (Å²) in [7, 11) is 0. The van der Waals surface area contributed by atoms with E-state index in [9.17, 15) is 10.2 Å². The lowest BCUT2D eigenvalue weighted by atomic mass is 10.1. The van der Waals surface area contributed by atoms with E-state index in [1.807, 2.05) is 0 Å². The molecule has 0 amide bonds. The zero-order valence-electron chi connectivity index (χ0n) is 16.9. The van der Waals surface area contributed by atoms with Crippen LogP contribution in [0.2, 0.25) is 0 Å². The fourth-order valence-electron chi connectivity index (χ4n) is 3.06. The van der Waals surface area contributed by atoms with Crippen LogP contribution in [0, 0.1) is 0 Å². The first-order valence-electron chi connectivity index (χ1n) is 10.4. The van der Waals surface area contributed by atoms with Crippen LogP contribution in [0.3, 0.4) is 0 Å². The van der Waals surface area contributed by atoms with Crippen molar-refractivity contribution in [2.45, 2.75) is 64.4 Å². The minimum Gasteiger partial charge on any atom is -0.504 e. The summed E-state index contributed by atoms with van der Waals surface area (Å²) in [4.78, 5) is 0. The summed E-state index contributed by atoms with van der Waals surface area (Å²) in [6.07, 6.45) is 8.88. The topological polar surface area (TPSA) is 88.4 Å². The molecule has 28 heavy (non-hydrogen) atoms. The molecule has 0 fully saturated rings. The first kappa shape index (κ1) is 22.4. The van der Waals surface area contributed by atoms with Crippen molar-refractivity contribution in [1.82, 2.24) is 0 Å². The van der Waals surface area contributed by atoms with Crippen molar-refractivity contribution in [1.29, 1.82) is 0 Å². The third-order valence-electron chi connectivity index (χ3n) is 4.76. The van der Waals surface area contributed by atoms with E-state index in [1.165, 1.54) is 38.5 Å². The third-order valence-corrected chi connectivity index (χ3v) is 4.76. The SMILES string of the molecule is CCCCCCCCCCOC1=C(O)c2cc(OCC(O)CO)ccc2OC1. The van der Waals surface area contributed by atoms with Gasteiger partial charge in [-0.15, -0.1) is 0 Å². The molecule has 1 aromatic rings. The van der Waals surface area contributed by atoms with Gasteiger partial charge in [-0.05, 0) is 24.6 Å². The highest BCUT2D eigenvalue weighted by atomic mass is 16.5. The lowest BCUT2D eigenvalue weighted by Crippen LogP contribution is -2.21. The molecule has 6 heteroatoms. The predicted octanol–water partition coefficient (Wildman–Crippen LogP) is 4.19. The molecular weight excluding hydrogens is 360 g/mol. The van der Waals surface area contributed by atoms with Crippen molar-refractivity contribution < 1.29 is 29.5 Å². The molecule has 1 atom stereocenters. The second-order valence-electron chi connectivity index (χ2n) is 7.19. The molecule has 0 saturated carbocycles. The normalized spacial score (nSPS) is 14.4. The van der Waals surface area contributed by atoms with Gasteiger partial charge in [0.1, 0.15) is 30.8 Å². The number of rotatable bonds is 14. The van der Waals surface area contributed by atoms with Crippen molar-refractivity contribution in [3.8, 4) is 11.5 Å². The van der Waals surface area contributed by atoms with Gasteiger partial charge in [0.25, 0.3) is 0 Å². The molecule has 0 saturated heterocycles. The van der Waals surface area contributed by atoms with Gasteiger partial charge in [-0.3, -0.25) is 0 Å². The average Bonchev–Trinajstić information content (AvgIpc) is 2.72. The van der Waals surface area contributed by atoms with E-state index in [-0.39, 0.29) is 25.6 Å². The van der Waals surface area contributed by atoms with Crippen molar-refractivity contribution in [2.75, 3.05) is 26.4 Å². The maximum atomic E-state index is 10.5. The number of aliphatic hydroxyl groups is 3. The van der Waals surface area contributed by atoms with Crippen LogP contribution in [0.25, 0.3) is 5.76 Å². The zero-order chi connectivity index (χ0) is 20.2. The van der Waals surface area contributed by atoms with Crippen LogP contribution < -0.4 is 9.47 Å². The van der Waals surface area contributed by atoms with Crippen LogP contribution in [0.1, 0.15) is 63.9 Å². The Bertz CT molecular complexity index is 613. The number of hydrogen-bond acceptors (Lipinski definition) is 6. The molecule has 1 aliphatic heterocycles. The molecule has 0 aliphatic carbocycles. The minimum atomic E-state index is -0.943. The smallest absolute Gasteiger partial charge is 0.176 e. The predicted molar refractivity (Wildman–Crippen MR) is 109 cm³/mol. The highest BCUT2D eigenvalue weighted by Crippen LogP contribution is 2.34. The van der Waals surface area contributed by atoms with Crippen LogP contribution in [-0.4, -0.2) is 47.9 Å². The molecule has 1 aromatic carbocycles. The second-order valence-corrected chi connectivity index (χ2v) is 7.19. The summed E-state index contributed by atoms with van der Waals surface area (Å²) >= 11 is 0. The van der Waals surface area contributed by atoms with Gasteiger partial charge in [0.05, 0.1) is 18.8 Å². The molecular formula is C22H34O6. The Morgan fingerprint density at radius 3 is 2.46 bits per heavy atom. The van der Waals surface area contributed by atoms with Crippen LogP contribution in [0.4, 0.5) is 0 Å². The van der Waals surface area contributed by atoms with Crippen molar-refractivity contribution >= 4 is 5.76 Å². The Labute approximate surface area is 167 Å². The summed E-state index contributed by atoms with van der Waals surface area (Å²) in [6, 6.07) is 5.05. The van der Waals surface area contributed by atoms with Gasteiger partial charge < -0.3 is 29.5 Å². The molecule has 0 radical (unpaired) electrons. The summed E-state index contributed by atoms with van der Waals surface area (Å²) in [5.74, 6) is 1.54. The molecule has 6 nitrogen and oxygen atoms in total. The quantitative estimate of drug-likeness (QED) is 0.410. The number of unbranched alkanes of at least 4 members (excludes halogenated alkanes) is 7. The van der Waals surface area contributed by atoms with E-state index >= 15 is 0 Å². The Morgan fingerprint density at radius 2 is 1.75 bits per heavy atom. The Morgan fingerprint density at radius 1 is 1.04 bits per heavy atom. The summed E-state index contributed by atoms with van der Waals surface area (Å²) in [6.45, 7) is 2.61. The molecule has 1 aliphatic rings. The zero-order valence-corrected chi connectivity index (χ0v) is 16.9. The fraction of sp³-hybridized carbons (Fsp3) is 0.636. The number of hydrogen-bond donors (Lipinski definition) is 3. The number of benzene rings is 1. The number of ether oxygens (including phenoxy) is 3. The van der Waals surface area contributed by atoms with Gasteiger partial charge in [-0.1, -0.05) is 51.9 Å². The lowest BCUT2D eigenvalue weighted by molar-refractivity contribution is 0.0535. The van der Waals surface area contributed by atoms with Gasteiger partial charge in [0, 0.05) is 0 Å². The molecule has 1 unspecified atom stereocenters. The largest absolute Gasteiger partial charge is 0.504 e. The van der Waals surface area contributed by atoms with Crippen LogP contribution in [0.5, 0.6) is 11.5 Å². The van der Waals surface area contributed by atoms with E-state index in [0.717, 1.165) is 12.8 Å². The van der Waals surface area contributed by atoms with E-state index < -0.39 is 6.10 Å². The summed E-state index contributed by atoms with van der Waals surface area (Å²) < 4.78 is 16.8. The van der Waals surface area contributed by atoms with E-state index in [1.54, 1.807) is 18.2 Å².